The van der Waals surface area contributed by atoms with E-state index in [1.54, 1.807) is 14.2 Å². The second kappa shape index (κ2) is 6.71. The Morgan fingerprint density at radius 2 is 2.00 bits per heavy atom. The topological polar surface area (TPSA) is 75.4 Å². The number of ether oxygens (including phenoxy) is 2. The average Bonchev–Trinajstić information content (AvgIpc) is 3.11. The lowest BCUT2D eigenvalue weighted by molar-refractivity contribution is 0.354. The van der Waals surface area contributed by atoms with Crippen molar-refractivity contribution < 1.29 is 14.6 Å². The minimum atomic E-state index is 0.194. The predicted octanol–water partition coefficient (Wildman–Crippen LogP) is 1.95. The number of anilines is 1. The average molecular weight is 351 g/mol. The van der Waals surface area contributed by atoms with E-state index in [2.05, 4.69) is 15.3 Å². The Kier molecular flexibility index (Phi) is 4.24. The van der Waals surface area contributed by atoms with Gasteiger partial charge in [0.05, 0.1) is 25.3 Å². The van der Waals surface area contributed by atoms with E-state index < -0.39 is 0 Å². The molecule has 0 amide bonds. The third kappa shape index (κ3) is 2.77. The second-order valence-corrected chi connectivity index (χ2v) is 6.30. The maximum absolute atomic E-state index is 10.6. The van der Waals surface area contributed by atoms with Crippen LogP contribution >= 0.6 is 0 Å². The van der Waals surface area contributed by atoms with Gasteiger partial charge in [0.2, 0.25) is 0 Å². The van der Waals surface area contributed by atoms with Crippen molar-refractivity contribution in [1.29, 1.82) is 0 Å². The van der Waals surface area contributed by atoms with Gasteiger partial charge in [-0.25, -0.2) is 0 Å². The van der Waals surface area contributed by atoms with Gasteiger partial charge in [-0.3, -0.25) is 9.98 Å². The molecule has 0 atom stereocenters. The number of aromatic hydroxyl groups is 1. The van der Waals surface area contributed by atoms with Crippen LogP contribution in [0.1, 0.15) is 12.0 Å². The molecule has 2 aliphatic rings. The number of rotatable bonds is 6. The Balaban J connectivity index is 1.53. The van der Waals surface area contributed by atoms with E-state index in [4.69, 9.17) is 9.47 Å². The summed E-state index contributed by atoms with van der Waals surface area (Å²) in [5.74, 6) is 1.62. The van der Waals surface area contributed by atoms with Crippen molar-refractivity contribution in [3.05, 3.63) is 40.4 Å². The molecule has 2 aromatic rings. The molecule has 0 radical (unpaired) electrons. The summed E-state index contributed by atoms with van der Waals surface area (Å²) in [6.45, 7) is 1.44. The van der Waals surface area contributed by atoms with Crippen LogP contribution in [-0.4, -0.2) is 38.6 Å². The molecule has 134 valence electrons. The Bertz CT molecular complexity index is 1010. The van der Waals surface area contributed by atoms with Crippen molar-refractivity contribution in [3.63, 3.8) is 0 Å². The van der Waals surface area contributed by atoms with Crippen LogP contribution in [0.2, 0.25) is 0 Å². The zero-order chi connectivity index (χ0) is 18.1. The first kappa shape index (κ1) is 16.4. The summed E-state index contributed by atoms with van der Waals surface area (Å²) in [6, 6.07) is 7.79. The van der Waals surface area contributed by atoms with Gasteiger partial charge in [-0.05, 0) is 42.2 Å². The molecule has 0 saturated carbocycles. The third-order valence-electron chi connectivity index (χ3n) is 4.76. The van der Waals surface area contributed by atoms with E-state index in [1.807, 2.05) is 30.5 Å². The smallest absolute Gasteiger partial charge is 0.165 e. The maximum Gasteiger partial charge on any atom is 0.165 e. The highest BCUT2D eigenvalue weighted by Gasteiger charge is 2.18. The summed E-state index contributed by atoms with van der Waals surface area (Å²) in [7, 11) is 3.25. The van der Waals surface area contributed by atoms with Crippen molar-refractivity contribution >= 4 is 23.2 Å². The fraction of sp³-hybridized carbons (Fsp3) is 0.300. The van der Waals surface area contributed by atoms with Gasteiger partial charge < -0.3 is 19.9 Å². The highest BCUT2D eigenvalue weighted by molar-refractivity contribution is 6.08. The number of aliphatic imine (C=N–C) groups is 1. The van der Waals surface area contributed by atoms with E-state index in [0.29, 0.717) is 29.4 Å². The van der Waals surface area contributed by atoms with Gasteiger partial charge in [-0.1, -0.05) is 6.07 Å². The summed E-state index contributed by atoms with van der Waals surface area (Å²) < 4.78 is 10.6. The lowest BCUT2D eigenvalue weighted by Crippen LogP contribution is -2.30. The fourth-order valence-corrected chi connectivity index (χ4v) is 3.42. The quantitative estimate of drug-likeness (QED) is 0.780. The van der Waals surface area contributed by atoms with Crippen LogP contribution < -0.4 is 25.4 Å². The summed E-state index contributed by atoms with van der Waals surface area (Å²) in [5, 5.41) is 15.7. The van der Waals surface area contributed by atoms with E-state index in [0.717, 1.165) is 41.1 Å². The standard InChI is InChI=1S/C20H21N3O3/c1-25-16-4-3-12(9-17(16)26-2)5-7-22-15-10-14-18-13(6-8-21-14)11-23-19(18)20(15)24/h3-4,9-11,22,24H,5-8H2,1-2H3. The van der Waals surface area contributed by atoms with Gasteiger partial charge in [0.25, 0.3) is 0 Å². The lowest BCUT2D eigenvalue weighted by Gasteiger charge is -2.13. The van der Waals surface area contributed by atoms with Gasteiger partial charge in [-0.15, -0.1) is 0 Å². The van der Waals surface area contributed by atoms with Gasteiger partial charge in [0.15, 0.2) is 17.2 Å². The molecule has 0 fully saturated rings. The van der Waals surface area contributed by atoms with Gasteiger partial charge in [0, 0.05) is 24.5 Å². The van der Waals surface area contributed by atoms with E-state index in [-0.39, 0.29) is 5.75 Å². The summed E-state index contributed by atoms with van der Waals surface area (Å²) >= 11 is 0. The highest BCUT2D eigenvalue weighted by atomic mass is 16.5. The van der Waals surface area contributed by atoms with Crippen LogP contribution in [0.3, 0.4) is 0 Å². The van der Waals surface area contributed by atoms with Crippen LogP contribution in [0.5, 0.6) is 17.2 Å². The van der Waals surface area contributed by atoms with Crippen LogP contribution in [0, 0.1) is 0 Å². The zero-order valence-corrected chi connectivity index (χ0v) is 14.9. The van der Waals surface area contributed by atoms with Crippen molar-refractivity contribution in [3.8, 4) is 17.2 Å². The number of phenolic OH excluding ortho intramolecular Hbond substituents is 1. The molecule has 0 bridgehead atoms. The molecule has 0 spiro atoms. The molecule has 0 saturated heterocycles. The summed E-state index contributed by atoms with van der Waals surface area (Å²) in [5.41, 5.74) is 3.59. The van der Waals surface area contributed by atoms with Crippen molar-refractivity contribution in [2.45, 2.75) is 12.8 Å². The van der Waals surface area contributed by atoms with E-state index in [1.165, 1.54) is 0 Å². The van der Waals surface area contributed by atoms with E-state index in [9.17, 15) is 5.11 Å². The summed E-state index contributed by atoms with van der Waals surface area (Å²) in [6.07, 6.45) is 3.51. The van der Waals surface area contributed by atoms with Gasteiger partial charge in [0.1, 0.15) is 5.69 Å². The minimum absolute atomic E-state index is 0.194. The van der Waals surface area contributed by atoms with Crippen molar-refractivity contribution in [1.82, 2.24) is 0 Å². The normalized spacial score (nSPS) is 14.0. The number of nitrogens with zero attached hydrogens (tertiary/aromatic N) is 2. The number of hydrogen-bond acceptors (Lipinski definition) is 6. The number of benzene rings is 2. The molecule has 6 heteroatoms. The van der Waals surface area contributed by atoms with Crippen molar-refractivity contribution in [2.24, 2.45) is 9.98 Å². The largest absolute Gasteiger partial charge is 0.504 e. The first-order valence-corrected chi connectivity index (χ1v) is 8.63. The Hall–Kier alpha value is -3.02. The van der Waals surface area contributed by atoms with Crippen LogP contribution in [0.15, 0.2) is 34.3 Å². The van der Waals surface area contributed by atoms with Crippen LogP contribution in [0.25, 0.3) is 5.57 Å². The Morgan fingerprint density at radius 1 is 1.15 bits per heavy atom. The fourth-order valence-electron chi connectivity index (χ4n) is 3.42. The van der Waals surface area contributed by atoms with Gasteiger partial charge in [-0.2, -0.15) is 0 Å². The molecule has 26 heavy (non-hydrogen) atoms. The Labute approximate surface area is 151 Å². The van der Waals surface area contributed by atoms with E-state index >= 15 is 0 Å². The molecule has 2 heterocycles. The molecular weight excluding hydrogens is 330 g/mol. The maximum atomic E-state index is 10.6. The highest BCUT2D eigenvalue weighted by Crippen LogP contribution is 2.33. The predicted molar refractivity (Wildman–Crippen MR) is 102 cm³/mol. The number of phenols is 1. The Morgan fingerprint density at radius 3 is 2.81 bits per heavy atom. The number of nitrogens with one attached hydrogen (secondary N) is 1. The van der Waals surface area contributed by atoms with Crippen molar-refractivity contribution in [2.75, 3.05) is 32.6 Å². The third-order valence-corrected chi connectivity index (χ3v) is 4.76. The molecular formula is C20H21N3O3. The monoisotopic (exact) mass is 351 g/mol. The number of hydrogen-bond donors (Lipinski definition) is 2. The molecule has 6 nitrogen and oxygen atoms in total. The van der Waals surface area contributed by atoms with Gasteiger partial charge >= 0.3 is 0 Å². The zero-order valence-electron chi connectivity index (χ0n) is 14.9. The molecule has 2 aromatic carbocycles. The summed E-state index contributed by atoms with van der Waals surface area (Å²) in [4.78, 5) is 8.95. The molecule has 4 rings (SSSR count). The molecule has 2 aliphatic heterocycles. The first-order valence-electron chi connectivity index (χ1n) is 8.63. The molecule has 0 aromatic heterocycles. The molecule has 2 N–H and O–H groups in total. The number of methoxy groups -OCH3 is 2. The van der Waals surface area contributed by atoms with Crippen LogP contribution in [-0.2, 0) is 6.42 Å². The first-order chi connectivity index (χ1) is 12.7. The van der Waals surface area contributed by atoms with Crippen LogP contribution in [0.4, 0.5) is 11.4 Å². The SMILES string of the molecule is COc1ccc(CCNc2cc3c4c(c2O)N=CC=4CCN=3)cc1OC. The molecule has 0 unspecified atom stereocenters. The second-order valence-electron chi connectivity index (χ2n) is 6.30. The lowest BCUT2D eigenvalue weighted by atomic mass is 10.1. The molecule has 0 aliphatic carbocycles. The minimum Gasteiger partial charge on any atom is -0.504 e.